The third-order valence-electron chi connectivity index (χ3n) is 9.72. The van der Waals surface area contributed by atoms with Crippen molar-refractivity contribution in [2.75, 3.05) is 4.90 Å². The second-order valence-electron chi connectivity index (χ2n) is 12.5. The molecule has 0 radical (unpaired) electrons. The van der Waals surface area contributed by atoms with Gasteiger partial charge in [0.2, 0.25) is 0 Å². The molecule has 5 aromatic carbocycles. The molecular weight excluding hydrogens is 562 g/mol. The molecule has 6 aromatic rings. The lowest BCUT2D eigenvalue weighted by Gasteiger charge is -2.38. The van der Waals surface area contributed by atoms with E-state index in [1.807, 2.05) is 12.1 Å². The molecule has 0 amide bonds. The number of furan rings is 1. The van der Waals surface area contributed by atoms with E-state index < -0.39 is 0 Å². The van der Waals surface area contributed by atoms with Crippen molar-refractivity contribution in [3.63, 3.8) is 0 Å². The summed E-state index contributed by atoms with van der Waals surface area (Å²) in [5, 5.41) is 2.29. The molecule has 0 fully saturated rings. The molecule has 3 unspecified atom stereocenters. The van der Waals surface area contributed by atoms with Gasteiger partial charge in [0.15, 0.2) is 0 Å². The van der Waals surface area contributed by atoms with Gasteiger partial charge in [-0.15, -0.1) is 0 Å². The van der Waals surface area contributed by atoms with Gasteiger partial charge in [-0.1, -0.05) is 128 Å². The molecule has 9 rings (SSSR count). The fraction of sp³-hybridized carbons (Fsp3) is 0.116. The standard InChI is InChI=1S/C43H33NO2/c1-28-26-31(29-10-3-2-4-11-29)20-25-39(28)44(33-23-24-37-35-12-5-7-16-40(35)45-42(37)27-33)32-21-18-30(19-22-32)34-14-9-15-38-36-13-6-8-17-41(36)46-43(34)38/h2-23,25-28,37,39H,24H2,1H3. The maximum absolute atomic E-state index is 6.41. The van der Waals surface area contributed by atoms with Crippen molar-refractivity contribution < 1.29 is 9.15 Å². The minimum Gasteiger partial charge on any atom is -0.461 e. The Kier molecular flexibility index (Phi) is 6.31. The van der Waals surface area contributed by atoms with Gasteiger partial charge in [0, 0.05) is 45.3 Å². The Morgan fingerprint density at radius 1 is 0.717 bits per heavy atom. The molecule has 0 N–H and O–H groups in total. The third kappa shape index (κ3) is 4.42. The predicted molar refractivity (Wildman–Crippen MR) is 189 cm³/mol. The lowest BCUT2D eigenvalue weighted by atomic mass is 9.87. The van der Waals surface area contributed by atoms with Gasteiger partial charge in [-0.3, -0.25) is 0 Å². The van der Waals surface area contributed by atoms with E-state index in [1.54, 1.807) is 0 Å². The van der Waals surface area contributed by atoms with E-state index in [9.17, 15) is 0 Å². The Bertz CT molecular complexity index is 2230. The number of ether oxygens (including phenoxy) is 1. The molecule has 2 aliphatic carbocycles. The fourth-order valence-electron chi connectivity index (χ4n) is 7.43. The Balaban J connectivity index is 1.10. The summed E-state index contributed by atoms with van der Waals surface area (Å²) >= 11 is 0. The molecule has 0 spiro atoms. The van der Waals surface area contributed by atoms with Gasteiger partial charge >= 0.3 is 0 Å². The van der Waals surface area contributed by atoms with Crippen LogP contribution in [0.3, 0.4) is 0 Å². The van der Waals surface area contributed by atoms with Crippen LogP contribution in [0.2, 0.25) is 0 Å². The van der Waals surface area contributed by atoms with E-state index in [0.717, 1.165) is 56.7 Å². The monoisotopic (exact) mass is 595 g/mol. The minimum atomic E-state index is 0.139. The van der Waals surface area contributed by atoms with Crippen molar-refractivity contribution >= 4 is 33.2 Å². The molecular formula is C43H33NO2. The highest BCUT2D eigenvalue weighted by molar-refractivity contribution is 6.09. The zero-order valence-corrected chi connectivity index (χ0v) is 25.6. The molecule has 2 heterocycles. The number of rotatable bonds is 5. The molecule has 3 aliphatic rings. The topological polar surface area (TPSA) is 25.6 Å². The van der Waals surface area contributed by atoms with Gasteiger partial charge in [0.25, 0.3) is 0 Å². The molecule has 3 heteroatoms. The van der Waals surface area contributed by atoms with E-state index in [0.29, 0.717) is 0 Å². The molecule has 1 aliphatic heterocycles. The van der Waals surface area contributed by atoms with Crippen LogP contribution in [0.5, 0.6) is 5.75 Å². The SMILES string of the molecule is CC1C=C(c2ccccc2)C=CC1N(C1=CCC2C(=C1)Oc1ccccc12)c1ccc(-c2cccc3c2oc2ccccc23)cc1. The van der Waals surface area contributed by atoms with Crippen molar-refractivity contribution in [2.24, 2.45) is 5.92 Å². The van der Waals surface area contributed by atoms with Crippen LogP contribution in [-0.4, -0.2) is 6.04 Å². The summed E-state index contributed by atoms with van der Waals surface area (Å²) in [5.41, 5.74) is 10.2. The van der Waals surface area contributed by atoms with Crippen LogP contribution in [0.25, 0.3) is 38.6 Å². The predicted octanol–water partition coefficient (Wildman–Crippen LogP) is 11.1. The maximum Gasteiger partial charge on any atom is 0.143 e. The van der Waals surface area contributed by atoms with Crippen LogP contribution in [-0.2, 0) is 0 Å². The van der Waals surface area contributed by atoms with E-state index in [2.05, 4.69) is 151 Å². The van der Waals surface area contributed by atoms with Gasteiger partial charge in [-0.05, 0) is 53.3 Å². The zero-order chi connectivity index (χ0) is 30.6. The van der Waals surface area contributed by atoms with Crippen molar-refractivity contribution in [3.05, 3.63) is 174 Å². The van der Waals surface area contributed by atoms with Crippen LogP contribution in [0.4, 0.5) is 5.69 Å². The number of fused-ring (bicyclic) bond motifs is 6. The van der Waals surface area contributed by atoms with Crippen molar-refractivity contribution in [1.82, 2.24) is 0 Å². The highest BCUT2D eigenvalue weighted by Crippen LogP contribution is 2.46. The third-order valence-corrected chi connectivity index (χ3v) is 9.72. The summed E-state index contributed by atoms with van der Waals surface area (Å²) in [5.74, 6) is 2.57. The Morgan fingerprint density at radius 3 is 2.37 bits per heavy atom. The molecule has 0 saturated heterocycles. The van der Waals surface area contributed by atoms with Crippen LogP contribution in [0, 0.1) is 5.92 Å². The van der Waals surface area contributed by atoms with Crippen molar-refractivity contribution in [3.8, 4) is 16.9 Å². The fourth-order valence-corrected chi connectivity index (χ4v) is 7.43. The number of hydrogen-bond donors (Lipinski definition) is 0. The summed E-state index contributed by atoms with van der Waals surface area (Å²) in [7, 11) is 0. The summed E-state index contributed by atoms with van der Waals surface area (Å²) < 4.78 is 12.8. The highest BCUT2D eigenvalue weighted by atomic mass is 16.5. The van der Waals surface area contributed by atoms with Crippen molar-refractivity contribution in [2.45, 2.75) is 25.3 Å². The lowest BCUT2D eigenvalue weighted by molar-refractivity contribution is 0.423. The van der Waals surface area contributed by atoms with Crippen LogP contribution >= 0.6 is 0 Å². The van der Waals surface area contributed by atoms with Gasteiger partial charge in [-0.25, -0.2) is 0 Å². The van der Waals surface area contributed by atoms with Crippen LogP contribution in [0.1, 0.15) is 30.4 Å². The number of anilines is 1. The number of benzene rings is 5. The quantitative estimate of drug-likeness (QED) is 0.198. The summed E-state index contributed by atoms with van der Waals surface area (Å²) in [6.07, 6.45) is 12.6. The van der Waals surface area contributed by atoms with E-state index in [4.69, 9.17) is 9.15 Å². The molecule has 1 aromatic heterocycles. The smallest absolute Gasteiger partial charge is 0.143 e. The van der Waals surface area contributed by atoms with E-state index in [1.165, 1.54) is 22.4 Å². The number of para-hydroxylation sites is 3. The highest BCUT2D eigenvalue weighted by Gasteiger charge is 2.34. The maximum atomic E-state index is 6.41. The van der Waals surface area contributed by atoms with Gasteiger partial charge in [0.05, 0.1) is 6.04 Å². The molecule has 46 heavy (non-hydrogen) atoms. The Labute approximate surface area is 269 Å². The molecule has 0 bridgehead atoms. The number of allylic oxidation sites excluding steroid dienone is 5. The summed E-state index contributed by atoms with van der Waals surface area (Å²) in [4.78, 5) is 2.49. The molecule has 3 atom stereocenters. The average molecular weight is 596 g/mol. The first-order valence-corrected chi connectivity index (χ1v) is 16.2. The molecule has 222 valence electrons. The first kappa shape index (κ1) is 26.8. The Hall–Kier alpha value is -5.54. The summed E-state index contributed by atoms with van der Waals surface area (Å²) in [6, 6.07) is 42.9. The average Bonchev–Trinajstić information content (AvgIpc) is 3.68. The normalized spacial score (nSPS) is 20.0. The van der Waals surface area contributed by atoms with Crippen LogP contribution in [0.15, 0.2) is 168 Å². The zero-order valence-electron chi connectivity index (χ0n) is 25.6. The van der Waals surface area contributed by atoms with Gasteiger partial charge in [-0.2, -0.15) is 0 Å². The van der Waals surface area contributed by atoms with Gasteiger partial charge in [0.1, 0.15) is 22.7 Å². The molecule has 0 saturated carbocycles. The summed E-state index contributed by atoms with van der Waals surface area (Å²) in [6.45, 7) is 2.32. The number of hydrogen-bond acceptors (Lipinski definition) is 3. The minimum absolute atomic E-state index is 0.139. The van der Waals surface area contributed by atoms with Gasteiger partial charge < -0.3 is 14.1 Å². The number of nitrogens with zero attached hydrogens (tertiary/aromatic N) is 1. The largest absolute Gasteiger partial charge is 0.461 e. The van der Waals surface area contributed by atoms with E-state index in [-0.39, 0.29) is 17.9 Å². The second-order valence-corrected chi connectivity index (χ2v) is 12.5. The second kappa shape index (κ2) is 10.8. The van der Waals surface area contributed by atoms with E-state index >= 15 is 0 Å². The first-order chi connectivity index (χ1) is 22.7. The van der Waals surface area contributed by atoms with Crippen LogP contribution < -0.4 is 9.64 Å². The van der Waals surface area contributed by atoms with Crippen molar-refractivity contribution in [1.29, 1.82) is 0 Å². The first-order valence-electron chi connectivity index (χ1n) is 16.2. The lowest BCUT2D eigenvalue weighted by Crippen LogP contribution is -2.38. The molecule has 3 nitrogen and oxygen atoms in total. The Morgan fingerprint density at radius 2 is 1.50 bits per heavy atom.